The third-order valence-electron chi connectivity index (χ3n) is 6.41. The molecule has 2 aromatic carbocycles. The predicted octanol–water partition coefficient (Wildman–Crippen LogP) is 4.70. The van der Waals surface area contributed by atoms with Crippen LogP contribution in [0.3, 0.4) is 0 Å². The number of alkyl halides is 2. The molecule has 0 spiro atoms. The molecule has 1 N–H and O–H groups in total. The molecule has 7 nitrogen and oxygen atoms in total. The fourth-order valence-electron chi connectivity index (χ4n) is 4.69. The molecular weight excluding hydrogens is 499 g/mol. The number of nitrogens with zero attached hydrogens (tertiary/aromatic N) is 2. The van der Waals surface area contributed by atoms with Gasteiger partial charge >= 0.3 is 6.09 Å². The maximum atomic E-state index is 14.3. The van der Waals surface area contributed by atoms with Gasteiger partial charge in [-0.05, 0) is 37.1 Å². The van der Waals surface area contributed by atoms with Gasteiger partial charge in [-0.15, -0.1) is 0 Å². The van der Waals surface area contributed by atoms with Crippen molar-refractivity contribution in [3.05, 3.63) is 64.9 Å². The number of amides is 3. The highest BCUT2D eigenvalue weighted by Crippen LogP contribution is 2.39. The first-order valence-corrected chi connectivity index (χ1v) is 11.8. The number of benzene rings is 2. The van der Waals surface area contributed by atoms with E-state index in [1.165, 1.54) is 42.3 Å². The fourth-order valence-corrected chi connectivity index (χ4v) is 4.93. The fraction of sp³-hybridized carbons (Fsp3) is 0.400. The highest BCUT2D eigenvalue weighted by molar-refractivity contribution is 6.31. The molecule has 192 valence electrons. The van der Waals surface area contributed by atoms with Crippen LogP contribution in [0.2, 0.25) is 5.02 Å². The number of anilines is 1. The van der Waals surface area contributed by atoms with Crippen molar-refractivity contribution in [1.29, 1.82) is 0 Å². The highest BCUT2D eigenvalue weighted by Gasteiger charge is 2.48. The van der Waals surface area contributed by atoms with Crippen LogP contribution in [0.1, 0.15) is 37.3 Å². The lowest BCUT2D eigenvalue weighted by Gasteiger charge is -2.39. The minimum absolute atomic E-state index is 0.0516. The largest absolute Gasteiger partial charge is 0.453 e. The van der Waals surface area contributed by atoms with Crippen molar-refractivity contribution in [2.45, 2.75) is 49.7 Å². The molecular formula is C25H25ClF3N3O4. The lowest BCUT2D eigenvalue weighted by Crippen LogP contribution is -2.56. The molecule has 4 rings (SSSR count). The SMILES string of the molecule is COC(=O)N1CCCC1C(=O)N(c1cccc(F)c1)C(C(=O)NC1CC(F)(F)C1)c1ccccc1Cl. The molecule has 1 aliphatic carbocycles. The summed E-state index contributed by atoms with van der Waals surface area (Å²) in [7, 11) is 1.20. The van der Waals surface area contributed by atoms with E-state index in [2.05, 4.69) is 5.32 Å². The quantitative estimate of drug-likeness (QED) is 0.595. The Labute approximate surface area is 211 Å². The number of likely N-dealkylation sites (tertiary alicyclic amines) is 1. The molecule has 1 heterocycles. The summed E-state index contributed by atoms with van der Waals surface area (Å²) in [6.07, 6.45) is -0.949. The summed E-state index contributed by atoms with van der Waals surface area (Å²) in [5.74, 6) is -4.93. The lowest BCUT2D eigenvalue weighted by molar-refractivity contribution is -0.133. The molecule has 0 aromatic heterocycles. The van der Waals surface area contributed by atoms with E-state index in [1.54, 1.807) is 12.1 Å². The standard InChI is InChI=1S/C25H25ClF3N3O4/c1-36-24(35)31-11-5-10-20(31)23(34)32(17-7-4-6-15(27)12-17)21(18-8-2-3-9-19(18)26)22(33)30-16-13-25(28,29)14-16/h2-4,6-9,12,16,20-21H,5,10-11,13-14H2,1H3,(H,30,33). The third-order valence-corrected chi connectivity index (χ3v) is 6.76. The molecule has 1 aliphatic heterocycles. The van der Waals surface area contributed by atoms with E-state index in [0.29, 0.717) is 12.8 Å². The summed E-state index contributed by atoms with van der Waals surface area (Å²) in [4.78, 5) is 42.3. The molecule has 36 heavy (non-hydrogen) atoms. The number of nitrogens with one attached hydrogen (secondary N) is 1. The number of rotatable bonds is 6. The first kappa shape index (κ1) is 25.8. The molecule has 1 saturated carbocycles. The predicted molar refractivity (Wildman–Crippen MR) is 126 cm³/mol. The van der Waals surface area contributed by atoms with Crippen molar-refractivity contribution < 1.29 is 32.3 Å². The van der Waals surface area contributed by atoms with Gasteiger partial charge < -0.3 is 10.1 Å². The van der Waals surface area contributed by atoms with E-state index in [4.69, 9.17) is 16.3 Å². The van der Waals surface area contributed by atoms with Crippen LogP contribution in [0.4, 0.5) is 23.7 Å². The van der Waals surface area contributed by atoms with Gasteiger partial charge in [0.05, 0.1) is 7.11 Å². The van der Waals surface area contributed by atoms with Gasteiger partial charge in [0.25, 0.3) is 11.8 Å². The molecule has 2 atom stereocenters. The smallest absolute Gasteiger partial charge is 0.410 e. The Hall–Kier alpha value is -3.27. The van der Waals surface area contributed by atoms with Crippen LogP contribution in [-0.2, 0) is 14.3 Å². The minimum atomic E-state index is -2.87. The molecule has 0 radical (unpaired) electrons. The van der Waals surface area contributed by atoms with Crippen molar-refractivity contribution in [3.8, 4) is 0 Å². The average molecular weight is 524 g/mol. The summed E-state index contributed by atoms with van der Waals surface area (Å²) < 4.78 is 46.0. The van der Waals surface area contributed by atoms with Crippen molar-refractivity contribution in [1.82, 2.24) is 10.2 Å². The van der Waals surface area contributed by atoms with Crippen LogP contribution < -0.4 is 10.2 Å². The first-order valence-electron chi connectivity index (χ1n) is 11.5. The second-order valence-corrected chi connectivity index (χ2v) is 9.31. The van der Waals surface area contributed by atoms with E-state index >= 15 is 0 Å². The second kappa shape index (κ2) is 10.4. The Bertz CT molecular complexity index is 1160. The zero-order valence-electron chi connectivity index (χ0n) is 19.4. The molecule has 1 saturated heterocycles. The van der Waals surface area contributed by atoms with E-state index in [1.807, 2.05) is 0 Å². The number of methoxy groups -OCH3 is 1. The van der Waals surface area contributed by atoms with Gasteiger partial charge in [0.1, 0.15) is 17.9 Å². The lowest BCUT2D eigenvalue weighted by atomic mass is 9.87. The van der Waals surface area contributed by atoms with Crippen LogP contribution >= 0.6 is 11.6 Å². The van der Waals surface area contributed by atoms with Crippen LogP contribution in [0.5, 0.6) is 0 Å². The summed E-state index contributed by atoms with van der Waals surface area (Å²) in [6, 6.07) is 8.23. The van der Waals surface area contributed by atoms with Crippen LogP contribution in [-0.4, -0.2) is 54.5 Å². The van der Waals surface area contributed by atoms with Crippen molar-refractivity contribution in [2.75, 3.05) is 18.6 Å². The average Bonchev–Trinajstić information content (AvgIpc) is 3.31. The molecule has 11 heteroatoms. The minimum Gasteiger partial charge on any atom is -0.453 e. The molecule has 0 bridgehead atoms. The van der Waals surface area contributed by atoms with E-state index in [0.717, 1.165) is 11.0 Å². The molecule has 2 aliphatic rings. The number of hydrogen-bond donors (Lipinski definition) is 1. The summed E-state index contributed by atoms with van der Waals surface area (Å²) >= 11 is 6.42. The van der Waals surface area contributed by atoms with Gasteiger partial charge in [0, 0.05) is 41.7 Å². The Morgan fingerprint density at radius 1 is 1.17 bits per heavy atom. The molecule has 2 aromatic rings. The second-order valence-electron chi connectivity index (χ2n) is 8.90. The number of hydrogen-bond acceptors (Lipinski definition) is 4. The van der Waals surface area contributed by atoms with Gasteiger partial charge in [-0.2, -0.15) is 0 Å². The summed E-state index contributed by atoms with van der Waals surface area (Å²) in [5.41, 5.74) is 0.277. The van der Waals surface area contributed by atoms with Crippen LogP contribution in [0.25, 0.3) is 0 Å². The van der Waals surface area contributed by atoms with Crippen molar-refractivity contribution in [2.24, 2.45) is 0 Å². The zero-order chi connectivity index (χ0) is 26.0. The number of halogens is 4. The molecule has 2 fully saturated rings. The first-order chi connectivity index (χ1) is 17.1. The van der Waals surface area contributed by atoms with Gasteiger partial charge in [0.15, 0.2) is 0 Å². The van der Waals surface area contributed by atoms with Crippen molar-refractivity contribution in [3.63, 3.8) is 0 Å². The highest BCUT2D eigenvalue weighted by atomic mass is 35.5. The van der Waals surface area contributed by atoms with Gasteiger partial charge in [-0.1, -0.05) is 35.9 Å². The van der Waals surface area contributed by atoms with Crippen LogP contribution in [0.15, 0.2) is 48.5 Å². The number of carbonyl (C=O) groups excluding carboxylic acids is 3. The van der Waals surface area contributed by atoms with Crippen LogP contribution in [0, 0.1) is 5.82 Å². The monoisotopic (exact) mass is 523 g/mol. The Balaban J connectivity index is 1.79. The molecule has 3 amide bonds. The third kappa shape index (κ3) is 5.28. The normalized spacial score (nSPS) is 19.8. The summed E-state index contributed by atoms with van der Waals surface area (Å²) in [6.45, 7) is 0.264. The maximum Gasteiger partial charge on any atom is 0.410 e. The van der Waals surface area contributed by atoms with E-state index in [9.17, 15) is 27.6 Å². The Morgan fingerprint density at radius 3 is 2.53 bits per heavy atom. The zero-order valence-corrected chi connectivity index (χ0v) is 20.2. The Morgan fingerprint density at radius 2 is 1.89 bits per heavy atom. The topological polar surface area (TPSA) is 79.0 Å². The Kier molecular flexibility index (Phi) is 7.44. The van der Waals surface area contributed by atoms with Gasteiger partial charge in [-0.25, -0.2) is 18.0 Å². The van der Waals surface area contributed by atoms with Crippen molar-refractivity contribution >= 4 is 35.2 Å². The maximum absolute atomic E-state index is 14.3. The summed E-state index contributed by atoms with van der Waals surface area (Å²) in [5, 5.41) is 2.74. The van der Waals surface area contributed by atoms with Gasteiger partial charge in [0.2, 0.25) is 5.91 Å². The molecule has 2 unspecified atom stereocenters. The van der Waals surface area contributed by atoms with E-state index in [-0.39, 0.29) is 22.8 Å². The van der Waals surface area contributed by atoms with E-state index < -0.39 is 60.6 Å². The number of ether oxygens (including phenoxy) is 1. The van der Waals surface area contributed by atoms with Gasteiger partial charge in [-0.3, -0.25) is 19.4 Å². The number of carbonyl (C=O) groups is 3.